The number of hydrogen-bond acceptors (Lipinski definition) is 2. The van der Waals surface area contributed by atoms with Gasteiger partial charge in [0.2, 0.25) is 0 Å². The lowest BCUT2D eigenvalue weighted by atomic mass is 9.43. The minimum absolute atomic E-state index is 0.0228. The maximum absolute atomic E-state index is 2.65. The molecule has 0 fully saturated rings. The van der Waals surface area contributed by atoms with Gasteiger partial charge in [0.15, 0.2) is 0 Å². The molecule has 2 aliphatic heterocycles. The summed E-state index contributed by atoms with van der Waals surface area (Å²) in [4.78, 5) is 5.13. The van der Waals surface area contributed by atoms with Crippen molar-refractivity contribution in [2.75, 3.05) is 9.71 Å². The highest BCUT2D eigenvalue weighted by atomic mass is 15.2. The van der Waals surface area contributed by atoms with Gasteiger partial charge in [0.25, 0.3) is 0 Å². The molecule has 0 aromatic heterocycles. The Balaban J connectivity index is 1.44. The van der Waals surface area contributed by atoms with Crippen LogP contribution in [0, 0.1) is 0 Å². The Morgan fingerprint density at radius 1 is 0.489 bits per heavy atom. The number of benzene rings is 6. The van der Waals surface area contributed by atoms with E-state index in [0.29, 0.717) is 0 Å². The number of nitrogens with zero attached hydrogens (tertiary/aromatic N) is 2. The molecule has 8 rings (SSSR count). The molecule has 45 heavy (non-hydrogen) atoms. The fourth-order valence-electron chi connectivity index (χ4n) is 7.70. The molecule has 0 unspecified atom stereocenters. The minimum atomic E-state index is -0.0695. The SMILES string of the molecule is CC(C)(C)c1ccc(N2c3ccccc3B3c4c(cccc42)-c2ccccc2N3c2ccc3ccccc3c2C(C)(C)C)cc1. The number of anilines is 5. The summed E-state index contributed by atoms with van der Waals surface area (Å²) in [6.45, 7) is 13.9. The first-order chi connectivity index (χ1) is 21.6. The van der Waals surface area contributed by atoms with Gasteiger partial charge in [-0.15, -0.1) is 0 Å². The van der Waals surface area contributed by atoms with Crippen LogP contribution in [0.4, 0.5) is 28.4 Å². The van der Waals surface area contributed by atoms with Gasteiger partial charge in [-0.25, -0.2) is 0 Å². The number of hydrogen-bond donors (Lipinski definition) is 0. The third-order valence-electron chi connectivity index (χ3n) is 9.69. The first-order valence-corrected chi connectivity index (χ1v) is 16.2. The van der Waals surface area contributed by atoms with Gasteiger partial charge in [0, 0.05) is 34.0 Å². The summed E-state index contributed by atoms with van der Waals surface area (Å²) in [6, 6.07) is 47.6. The summed E-state index contributed by atoms with van der Waals surface area (Å²) in [7, 11) is 0. The third-order valence-corrected chi connectivity index (χ3v) is 9.69. The maximum atomic E-state index is 2.65. The topological polar surface area (TPSA) is 6.48 Å². The van der Waals surface area contributed by atoms with Crippen molar-refractivity contribution >= 4 is 57.0 Å². The highest BCUT2D eigenvalue weighted by Crippen LogP contribution is 2.49. The van der Waals surface area contributed by atoms with Crippen molar-refractivity contribution in [1.29, 1.82) is 0 Å². The van der Waals surface area contributed by atoms with E-state index in [4.69, 9.17) is 0 Å². The van der Waals surface area contributed by atoms with E-state index in [0.717, 1.165) is 0 Å². The molecule has 6 aromatic rings. The molecule has 0 saturated heterocycles. The average Bonchev–Trinajstić information content (AvgIpc) is 3.03. The summed E-state index contributed by atoms with van der Waals surface area (Å²) in [5, 5.41) is 2.61. The van der Waals surface area contributed by atoms with Crippen molar-refractivity contribution in [1.82, 2.24) is 0 Å². The summed E-state index contributed by atoms with van der Waals surface area (Å²) in [5.74, 6) is 0. The molecule has 0 spiro atoms. The van der Waals surface area contributed by atoms with Crippen LogP contribution in [0.3, 0.4) is 0 Å². The van der Waals surface area contributed by atoms with Crippen LogP contribution in [-0.2, 0) is 10.8 Å². The molecule has 0 bridgehead atoms. The summed E-state index contributed by atoms with van der Waals surface area (Å²) >= 11 is 0. The third kappa shape index (κ3) is 4.25. The first-order valence-electron chi connectivity index (χ1n) is 16.2. The quantitative estimate of drug-likeness (QED) is 0.188. The molecule has 220 valence electrons. The van der Waals surface area contributed by atoms with Gasteiger partial charge >= 0.3 is 6.85 Å². The smallest absolute Gasteiger partial charge is 0.333 e. The van der Waals surface area contributed by atoms with Crippen LogP contribution in [0.2, 0.25) is 0 Å². The van der Waals surface area contributed by atoms with Crippen molar-refractivity contribution in [3.63, 3.8) is 0 Å². The maximum Gasteiger partial charge on any atom is 0.333 e. The Morgan fingerprint density at radius 3 is 1.89 bits per heavy atom. The highest BCUT2D eigenvalue weighted by molar-refractivity contribution is 6.93. The molecule has 2 heterocycles. The Bertz CT molecular complexity index is 2100. The highest BCUT2D eigenvalue weighted by Gasteiger charge is 2.45. The number of rotatable bonds is 2. The fourth-order valence-corrected chi connectivity index (χ4v) is 7.70. The molecular weight excluding hydrogens is 543 g/mol. The van der Waals surface area contributed by atoms with Crippen LogP contribution in [0.15, 0.2) is 127 Å². The fraction of sp³-hybridized carbons (Fsp3) is 0.190. The van der Waals surface area contributed by atoms with Gasteiger partial charge in [-0.1, -0.05) is 133 Å². The summed E-state index contributed by atoms with van der Waals surface area (Å²) < 4.78 is 0. The molecular formula is C42H39BN2. The molecule has 3 heteroatoms. The van der Waals surface area contributed by atoms with Gasteiger partial charge in [-0.05, 0) is 85.6 Å². The van der Waals surface area contributed by atoms with E-state index in [9.17, 15) is 0 Å². The zero-order valence-corrected chi connectivity index (χ0v) is 27.1. The lowest BCUT2D eigenvalue weighted by Gasteiger charge is -2.46. The zero-order valence-electron chi connectivity index (χ0n) is 27.1. The molecule has 0 saturated carbocycles. The Kier molecular flexibility index (Phi) is 6.09. The number of fused-ring (bicyclic) bond motifs is 5. The predicted molar refractivity (Wildman–Crippen MR) is 195 cm³/mol. The van der Waals surface area contributed by atoms with Crippen LogP contribution in [0.5, 0.6) is 0 Å². The van der Waals surface area contributed by atoms with E-state index < -0.39 is 0 Å². The van der Waals surface area contributed by atoms with Gasteiger partial charge in [-0.3, -0.25) is 0 Å². The average molecular weight is 583 g/mol. The molecule has 6 aromatic carbocycles. The molecule has 2 aliphatic rings. The second-order valence-corrected chi connectivity index (χ2v) is 14.6. The zero-order chi connectivity index (χ0) is 31.1. The molecule has 2 nitrogen and oxygen atoms in total. The Morgan fingerprint density at radius 2 is 1.13 bits per heavy atom. The lowest BCUT2D eigenvalue weighted by Crippen LogP contribution is -2.61. The molecule has 0 radical (unpaired) electrons. The van der Waals surface area contributed by atoms with Crippen LogP contribution in [0.25, 0.3) is 21.9 Å². The van der Waals surface area contributed by atoms with E-state index in [2.05, 4.69) is 179 Å². The summed E-state index contributed by atoms with van der Waals surface area (Å²) in [6.07, 6.45) is 0. The molecule has 0 atom stereocenters. The van der Waals surface area contributed by atoms with E-state index in [1.165, 1.54) is 72.4 Å². The first kappa shape index (κ1) is 27.8. The second kappa shape index (κ2) is 9.87. The van der Waals surface area contributed by atoms with Crippen molar-refractivity contribution in [2.24, 2.45) is 0 Å². The Hall–Kier alpha value is -4.76. The van der Waals surface area contributed by atoms with Crippen LogP contribution in [-0.4, -0.2) is 6.85 Å². The molecule has 0 amide bonds. The van der Waals surface area contributed by atoms with Crippen molar-refractivity contribution in [2.45, 2.75) is 52.4 Å². The normalized spacial score (nSPS) is 13.9. The lowest BCUT2D eigenvalue weighted by molar-refractivity contribution is 0.590. The second-order valence-electron chi connectivity index (χ2n) is 14.6. The Labute approximate surface area is 268 Å². The van der Waals surface area contributed by atoms with Gasteiger partial charge in [-0.2, -0.15) is 0 Å². The van der Waals surface area contributed by atoms with Gasteiger partial charge < -0.3 is 9.71 Å². The van der Waals surface area contributed by atoms with E-state index >= 15 is 0 Å². The van der Waals surface area contributed by atoms with Crippen molar-refractivity contribution < 1.29 is 0 Å². The van der Waals surface area contributed by atoms with Crippen molar-refractivity contribution in [3.05, 3.63) is 139 Å². The monoisotopic (exact) mass is 582 g/mol. The van der Waals surface area contributed by atoms with Crippen molar-refractivity contribution in [3.8, 4) is 11.1 Å². The van der Waals surface area contributed by atoms with Crippen LogP contribution < -0.4 is 20.6 Å². The molecule has 0 N–H and O–H groups in total. The standard InChI is InChI=1S/C42H39BN2/c1-41(2,3)29-23-25-30(26-24-29)44-36-20-12-10-18-34(36)43-40-33(17-13-21-38(40)44)32-16-9-11-19-35(32)45(43)37-27-22-28-14-7-8-15-31(28)39(37)42(4,5)6/h7-27H,1-6H3. The molecule has 0 aliphatic carbocycles. The van der Waals surface area contributed by atoms with E-state index in [1.807, 2.05) is 0 Å². The van der Waals surface area contributed by atoms with Crippen LogP contribution >= 0.6 is 0 Å². The summed E-state index contributed by atoms with van der Waals surface area (Å²) in [5.41, 5.74) is 14.2. The van der Waals surface area contributed by atoms with E-state index in [1.54, 1.807) is 0 Å². The minimum Gasteiger partial charge on any atom is -0.376 e. The largest absolute Gasteiger partial charge is 0.376 e. The van der Waals surface area contributed by atoms with Crippen LogP contribution in [0.1, 0.15) is 52.7 Å². The van der Waals surface area contributed by atoms with Gasteiger partial charge in [0.1, 0.15) is 0 Å². The van der Waals surface area contributed by atoms with E-state index in [-0.39, 0.29) is 17.7 Å². The van der Waals surface area contributed by atoms with Gasteiger partial charge in [0.05, 0.1) is 0 Å². The number of para-hydroxylation sites is 2. The predicted octanol–water partition coefficient (Wildman–Crippen LogP) is 10.1.